The molecule has 0 amide bonds. The van der Waals surface area contributed by atoms with E-state index in [-0.39, 0.29) is 19.2 Å². The zero-order valence-corrected chi connectivity index (χ0v) is 23.3. The van der Waals surface area contributed by atoms with Crippen molar-refractivity contribution in [1.29, 1.82) is 0 Å². The molecule has 2 saturated heterocycles. The minimum atomic E-state index is -0.199. The summed E-state index contributed by atoms with van der Waals surface area (Å²) in [5, 5.41) is 9.86. The molecule has 3 aromatic carbocycles. The van der Waals surface area contributed by atoms with Crippen molar-refractivity contribution >= 4 is 0 Å². The van der Waals surface area contributed by atoms with Gasteiger partial charge in [-0.1, -0.05) is 23.7 Å². The molecule has 0 bridgehead atoms. The highest BCUT2D eigenvalue weighted by molar-refractivity contribution is 5.53. The number of benzene rings is 3. The molecule has 40 heavy (non-hydrogen) atoms. The first-order valence-corrected chi connectivity index (χ1v) is 14.1. The van der Waals surface area contributed by atoms with Crippen LogP contribution >= 0.6 is 0 Å². The highest BCUT2D eigenvalue weighted by Gasteiger charge is 2.16. The van der Waals surface area contributed by atoms with E-state index >= 15 is 0 Å². The van der Waals surface area contributed by atoms with Crippen molar-refractivity contribution in [3.63, 3.8) is 0 Å². The van der Waals surface area contributed by atoms with E-state index in [1.54, 1.807) is 0 Å². The fourth-order valence-electron chi connectivity index (χ4n) is 4.90. The standard InChI is InChI=1S/C35H36O5/c1-25-15-27(22-32(17-25)39-34-7-3-5-13-37-34)9-11-29-19-30(21-31(20-29)24-36)12-10-28-16-26(2)18-33(23-28)40-35-8-4-6-14-38-35/h15-23,34-36H,3-8,13-14,24H2,1-2H3. The zero-order valence-electron chi connectivity index (χ0n) is 23.3. The van der Waals surface area contributed by atoms with Crippen LogP contribution in [-0.4, -0.2) is 30.9 Å². The van der Waals surface area contributed by atoms with Gasteiger partial charge in [0.05, 0.1) is 19.8 Å². The minimum Gasteiger partial charge on any atom is -0.465 e. The second-order valence-electron chi connectivity index (χ2n) is 10.5. The van der Waals surface area contributed by atoms with Gasteiger partial charge in [0.1, 0.15) is 11.5 Å². The maximum atomic E-state index is 9.86. The summed E-state index contributed by atoms with van der Waals surface area (Å²) in [5.41, 5.74) is 6.22. The van der Waals surface area contributed by atoms with E-state index < -0.39 is 0 Å². The van der Waals surface area contributed by atoms with Crippen molar-refractivity contribution in [3.8, 4) is 35.2 Å². The van der Waals surface area contributed by atoms with Crippen LogP contribution in [0.5, 0.6) is 11.5 Å². The molecule has 3 aromatic rings. The summed E-state index contributed by atoms with van der Waals surface area (Å²) in [6.45, 7) is 5.46. The summed E-state index contributed by atoms with van der Waals surface area (Å²) in [7, 11) is 0. The molecule has 2 fully saturated rings. The summed E-state index contributed by atoms with van der Waals surface area (Å²) >= 11 is 0. The van der Waals surface area contributed by atoms with E-state index in [0.717, 1.165) is 102 Å². The monoisotopic (exact) mass is 536 g/mol. The highest BCUT2D eigenvalue weighted by Crippen LogP contribution is 2.23. The first-order chi connectivity index (χ1) is 19.5. The molecular formula is C35H36O5. The predicted molar refractivity (Wildman–Crippen MR) is 155 cm³/mol. The number of ether oxygens (including phenoxy) is 4. The molecule has 1 N–H and O–H groups in total. The summed E-state index contributed by atoms with van der Waals surface area (Å²) in [4.78, 5) is 0. The maximum Gasteiger partial charge on any atom is 0.199 e. The Labute approximate surface area is 237 Å². The molecule has 2 aliphatic rings. The minimum absolute atomic E-state index is 0.0855. The molecule has 206 valence electrons. The Balaban J connectivity index is 1.34. The van der Waals surface area contributed by atoms with Gasteiger partial charge >= 0.3 is 0 Å². The first kappa shape index (κ1) is 27.8. The van der Waals surface area contributed by atoms with Crippen LogP contribution in [0.15, 0.2) is 54.6 Å². The second kappa shape index (κ2) is 13.6. The van der Waals surface area contributed by atoms with Gasteiger partial charge in [0.25, 0.3) is 0 Å². The van der Waals surface area contributed by atoms with Gasteiger partial charge in [0.15, 0.2) is 12.6 Å². The molecule has 5 heteroatoms. The van der Waals surface area contributed by atoms with Crippen LogP contribution in [0.2, 0.25) is 0 Å². The van der Waals surface area contributed by atoms with Crippen LogP contribution in [0.1, 0.15) is 77.5 Å². The number of aliphatic hydroxyl groups excluding tert-OH is 1. The Morgan fingerprint density at radius 1 is 0.625 bits per heavy atom. The predicted octanol–water partition coefficient (Wildman–Crippen LogP) is 6.41. The number of aryl methyl sites for hydroxylation is 2. The van der Waals surface area contributed by atoms with Gasteiger partial charge in [-0.3, -0.25) is 0 Å². The first-order valence-electron chi connectivity index (χ1n) is 14.1. The molecule has 0 spiro atoms. The lowest BCUT2D eigenvalue weighted by atomic mass is 10.0. The summed E-state index contributed by atoms with van der Waals surface area (Å²) in [6, 6.07) is 17.7. The maximum absolute atomic E-state index is 9.86. The molecule has 0 aliphatic carbocycles. The van der Waals surface area contributed by atoms with Gasteiger partial charge in [0, 0.05) is 35.1 Å². The Bertz CT molecular complexity index is 1330. The summed E-state index contributed by atoms with van der Waals surface area (Å²) in [5.74, 6) is 14.5. The van der Waals surface area contributed by atoms with Crippen LogP contribution in [0, 0.1) is 37.5 Å². The second-order valence-corrected chi connectivity index (χ2v) is 10.5. The third-order valence-corrected chi connectivity index (χ3v) is 6.79. The van der Waals surface area contributed by atoms with E-state index in [1.807, 2.05) is 68.4 Å². The lowest BCUT2D eigenvalue weighted by Crippen LogP contribution is -2.25. The van der Waals surface area contributed by atoms with Crippen molar-refractivity contribution in [2.24, 2.45) is 0 Å². The smallest absolute Gasteiger partial charge is 0.199 e. The molecule has 2 atom stereocenters. The van der Waals surface area contributed by atoms with Gasteiger partial charge in [-0.2, -0.15) is 0 Å². The molecule has 0 saturated carbocycles. The summed E-state index contributed by atoms with van der Waals surface area (Å²) in [6.07, 6.45) is 5.80. The topological polar surface area (TPSA) is 57.2 Å². The van der Waals surface area contributed by atoms with Crippen molar-refractivity contribution < 1.29 is 24.1 Å². The van der Waals surface area contributed by atoms with Gasteiger partial charge < -0.3 is 24.1 Å². The quantitative estimate of drug-likeness (QED) is 0.382. The van der Waals surface area contributed by atoms with Gasteiger partial charge in [-0.25, -0.2) is 0 Å². The summed E-state index contributed by atoms with van der Waals surface area (Å²) < 4.78 is 23.6. The van der Waals surface area contributed by atoms with Crippen molar-refractivity contribution in [3.05, 3.63) is 93.5 Å². The highest BCUT2D eigenvalue weighted by atomic mass is 16.7. The van der Waals surface area contributed by atoms with E-state index in [4.69, 9.17) is 18.9 Å². The molecule has 2 heterocycles. The van der Waals surface area contributed by atoms with E-state index in [1.165, 1.54) is 0 Å². The third-order valence-electron chi connectivity index (χ3n) is 6.79. The van der Waals surface area contributed by atoms with Crippen LogP contribution in [0.3, 0.4) is 0 Å². The number of hydrogen-bond donors (Lipinski definition) is 1. The lowest BCUT2D eigenvalue weighted by molar-refractivity contribution is -0.106. The number of rotatable bonds is 5. The largest absolute Gasteiger partial charge is 0.465 e. The molecule has 2 unspecified atom stereocenters. The van der Waals surface area contributed by atoms with Gasteiger partial charge in [-0.05, 0) is 111 Å². The molecule has 0 radical (unpaired) electrons. The van der Waals surface area contributed by atoms with E-state index in [0.29, 0.717) is 0 Å². The molecular weight excluding hydrogens is 500 g/mol. The van der Waals surface area contributed by atoms with Crippen molar-refractivity contribution in [2.75, 3.05) is 13.2 Å². The zero-order chi connectivity index (χ0) is 27.7. The third kappa shape index (κ3) is 8.13. The Hall–Kier alpha value is -3.74. The molecule has 5 nitrogen and oxygen atoms in total. The molecule has 0 aromatic heterocycles. The van der Waals surface area contributed by atoms with Gasteiger partial charge in [-0.15, -0.1) is 0 Å². The van der Waals surface area contributed by atoms with Gasteiger partial charge in [0.2, 0.25) is 0 Å². The number of hydrogen-bond acceptors (Lipinski definition) is 5. The van der Waals surface area contributed by atoms with Crippen LogP contribution in [0.4, 0.5) is 0 Å². The van der Waals surface area contributed by atoms with E-state index in [2.05, 4.69) is 23.7 Å². The van der Waals surface area contributed by atoms with Crippen molar-refractivity contribution in [2.45, 2.75) is 71.6 Å². The average molecular weight is 537 g/mol. The lowest BCUT2D eigenvalue weighted by Gasteiger charge is -2.23. The van der Waals surface area contributed by atoms with E-state index in [9.17, 15) is 5.11 Å². The van der Waals surface area contributed by atoms with Crippen molar-refractivity contribution in [1.82, 2.24) is 0 Å². The Morgan fingerprint density at radius 3 is 1.48 bits per heavy atom. The normalized spacial score (nSPS) is 18.6. The Morgan fingerprint density at radius 2 is 1.07 bits per heavy atom. The van der Waals surface area contributed by atoms with Crippen LogP contribution < -0.4 is 9.47 Å². The average Bonchev–Trinajstić information content (AvgIpc) is 2.95. The molecule has 5 rings (SSSR count). The number of aliphatic hydroxyl groups is 1. The SMILES string of the molecule is Cc1cc(C#Cc2cc(C#Cc3cc(C)cc(OC4CCCCO4)c3)cc(CO)c2)cc(OC2CCCCO2)c1. The van der Waals surface area contributed by atoms with Crippen LogP contribution in [-0.2, 0) is 16.1 Å². The fraction of sp³-hybridized carbons (Fsp3) is 0.371. The Kier molecular flexibility index (Phi) is 9.42. The van der Waals surface area contributed by atoms with Crippen LogP contribution in [0.25, 0.3) is 0 Å². The molecule has 2 aliphatic heterocycles. The fourth-order valence-corrected chi connectivity index (χ4v) is 4.90.